The molecule has 2 atom stereocenters. The Hall–Kier alpha value is -2.08. The Balaban J connectivity index is 3.00. The van der Waals surface area contributed by atoms with E-state index in [1.807, 2.05) is 20.8 Å². The second kappa shape index (κ2) is 10.0. The standard InChI is InChI=1S/C19H29NO5/c1-6-16(12-21)20(11-14(4)19(23)24-5)18(22)15-7-9-17(10-8-15)25-13(2)3/h7-10,13-14,16,21H,6,11-12H2,1-5H3. The summed E-state index contributed by atoms with van der Waals surface area (Å²) in [5.41, 5.74) is 0.486. The van der Waals surface area contributed by atoms with Crippen LogP contribution >= 0.6 is 0 Å². The van der Waals surface area contributed by atoms with Crippen LogP contribution in [0.2, 0.25) is 0 Å². The number of ether oxygens (including phenoxy) is 2. The minimum Gasteiger partial charge on any atom is -0.491 e. The maximum absolute atomic E-state index is 12.9. The van der Waals surface area contributed by atoms with Crippen molar-refractivity contribution < 1.29 is 24.2 Å². The Morgan fingerprint density at radius 2 is 1.76 bits per heavy atom. The summed E-state index contributed by atoms with van der Waals surface area (Å²) in [6.07, 6.45) is 0.642. The van der Waals surface area contributed by atoms with Gasteiger partial charge in [0.25, 0.3) is 5.91 Å². The van der Waals surface area contributed by atoms with Gasteiger partial charge in [-0.25, -0.2) is 0 Å². The monoisotopic (exact) mass is 351 g/mol. The smallest absolute Gasteiger partial charge is 0.310 e. The highest BCUT2D eigenvalue weighted by Gasteiger charge is 2.27. The molecular weight excluding hydrogens is 322 g/mol. The zero-order valence-corrected chi connectivity index (χ0v) is 15.7. The van der Waals surface area contributed by atoms with E-state index in [0.29, 0.717) is 17.7 Å². The van der Waals surface area contributed by atoms with E-state index >= 15 is 0 Å². The summed E-state index contributed by atoms with van der Waals surface area (Å²) in [4.78, 5) is 26.2. The highest BCUT2D eigenvalue weighted by atomic mass is 16.5. The first-order valence-electron chi connectivity index (χ1n) is 8.60. The Bertz CT molecular complexity index is 551. The molecule has 1 rings (SSSR count). The highest BCUT2D eigenvalue weighted by molar-refractivity contribution is 5.94. The van der Waals surface area contributed by atoms with Gasteiger partial charge in [-0.15, -0.1) is 0 Å². The average Bonchev–Trinajstić information content (AvgIpc) is 2.60. The minimum absolute atomic E-state index is 0.0535. The molecule has 1 amide bonds. The van der Waals surface area contributed by atoms with E-state index in [0.717, 1.165) is 0 Å². The third-order valence-corrected chi connectivity index (χ3v) is 3.93. The summed E-state index contributed by atoms with van der Waals surface area (Å²) in [5, 5.41) is 9.61. The van der Waals surface area contributed by atoms with Gasteiger partial charge in [-0.3, -0.25) is 9.59 Å². The Morgan fingerprint density at radius 1 is 1.16 bits per heavy atom. The number of methoxy groups -OCH3 is 1. The van der Waals surface area contributed by atoms with Crippen molar-refractivity contribution in [2.75, 3.05) is 20.3 Å². The van der Waals surface area contributed by atoms with Crippen LogP contribution in [0.1, 0.15) is 44.5 Å². The fourth-order valence-corrected chi connectivity index (χ4v) is 2.53. The van der Waals surface area contributed by atoms with Crippen molar-refractivity contribution in [1.29, 1.82) is 0 Å². The number of esters is 1. The fraction of sp³-hybridized carbons (Fsp3) is 0.579. The van der Waals surface area contributed by atoms with Gasteiger partial charge < -0.3 is 19.5 Å². The van der Waals surface area contributed by atoms with Crippen molar-refractivity contribution in [3.63, 3.8) is 0 Å². The van der Waals surface area contributed by atoms with Gasteiger partial charge >= 0.3 is 5.97 Å². The number of benzene rings is 1. The van der Waals surface area contributed by atoms with Crippen LogP contribution in [0.15, 0.2) is 24.3 Å². The number of carbonyl (C=O) groups excluding carboxylic acids is 2. The average molecular weight is 351 g/mol. The molecule has 0 aliphatic carbocycles. The maximum Gasteiger partial charge on any atom is 0.310 e. The lowest BCUT2D eigenvalue weighted by Crippen LogP contribution is -2.45. The van der Waals surface area contributed by atoms with Crippen molar-refractivity contribution in [2.24, 2.45) is 5.92 Å². The summed E-state index contributed by atoms with van der Waals surface area (Å²) in [7, 11) is 1.32. The molecule has 0 bridgehead atoms. The zero-order chi connectivity index (χ0) is 19.0. The summed E-state index contributed by atoms with van der Waals surface area (Å²) in [6.45, 7) is 7.49. The number of hydrogen-bond acceptors (Lipinski definition) is 5. The first kappa shape index (κ1) is 21.0. The third kappa shape index (κ3) is 6.05. The molecule has 0 aliphatic rings. The molecule has 1 N–H and O–H groups in total. The van der Waals surface area contributed by atoms with Crippen molar-refractivity contribution in [3.05, 3.63) is 29.8 Å². The van der Waals surface area contributed by atoms with E-state index in [1.54, 1.807) is 36.1 Å². The second-order valence-corrected chi connectivity index (χ2v) is 6.32. The van der Waals surface area contributed by atoms with Gasteiger partial charge in [-0.2, -0.15) is 0 Å². The summed E-state index contributed by atoms with van der Waals surface area (Å²) in [6, 6.07) is 6.52. The molecule has 0 saturated heterocycles. The molecule has 0 saturated carbocycles. The van der Waals surface area contributed by atoms with Crippen LogP contribution in [-0.4, -0.2) is 54.3 Å². The number of aliphatic hydroxyl groups is 1. The van der Waals surface area contributed by atoms with Crippen molar-refractivity contribution >= 4 is 11.9 Å². The molecule has 0 aliphatic heterocycles. The number of amides is 1. The Morgan fingerprint density at radius 3 is 2.20 bits per heavy atom. The summed E-state index contributed by atoms with van der Waals surface area (Å²) < 4.78 is 10.3. The van der Waals surface area contributed by atoms with Crippen LogP contribution in [0.3, 0.4) is 0 Å². The highest BCUT2D eigenvalue weighted by Crippen LogP contribution is 2.18. The van der Waals surface area contributed by atoms with Gasteiger partial charge in [0.05, 0.1) is 31.8 Å². The first-order valence-corrected chi connectivity index (χ1v) is 8.60. The largest absolute Gasteiger partial charge is 0.491 e. The summed E-state index contributed by atoms with van der Waals surface area (Å²) >= 11 is 0. The number of aliphatic hydroxyl groups excluding tert-OH is 1. The topological polar surface area (TPSA) is 76.1 Å². The molecule has 6 heteroatoms. The first-order chi connectivity index (χ1) is 11.8. The number of hydrogen-bond donors (Lipinski definition) is 1. The van der Waals surface area contributed by atoms with Gasteiger partial charge in [-0.1, -0.05) is 13.8 Å². The van der Waals surface area contributed by atoms with Gasteiger partial charge in [0.2, 0.25) is 0 Å². The third-order valence-electron chi connectivity index (χ3n) is 3.93. The van der Waals surface area contributed by atoms with E-state index in [4.69, 9.17) is 9.47 Å². The van der Waals surface area contributed by atoms with Crippen molar-refractivity contribution in [2.45, 2.75) is 46.3 Å². The van der Waals surface area contributed by atoms with Crippen LogP contribution in [0.4, 0.5) is 0 Å². The Labute approximate surface area is 149 Å². The number of carbonyl (C=O) groups is 2. The normalized spacial score (nSPS) is 13.2. The Kier molecular flexibility index (Phi) is 8.41. The van der Waals surface area contributed by atoms with Gasteiger partial charge in [0.15, 0.2) is 0 Å². The van der Waals surface area contributed by atoms with Gasteiger partial charge in [-0.05, 0) is 44.5 Å². The number of nitrogens with zero attached hydrogens (tertiary/aromatic N) is 1. The van der Waals surface area contributed by atoms with E-state index in [1.165, 1.54) is 7.11 Å². The van der Waals surface area contributed by atoms with Crippen molar-refractivity contribution in [3.8, 4) is 5.75 Å². The van der Waals surface area contributed by atoms with Crippen LogP contribution in [-0.2, 0) is 9.53 Å². The lowest BCUT2D eigenvalue weighted by Gasteiger charge is -2.31. The molecular formula is C19H29NO5. The molecule has 1 aromatic carbocycles. The summed E-state index contributed by atoms with van der Waals surface area (Å²) in [5.74, 6) is -0.396. The maximum atomic E-state index is 12.9. The SMILES string of the molecule is CCC(CO)N(CC(C)C(=O)OC)C(=O)c1ccc(OC(C)C)cc1. The molecule has 140 valence electrons. The molecule has 0 heterocycles. The second-order valence-electron chi connectivity index (χ2n) is 6.32. The van der Waals surface area contributed by atoms with Gasteiger partial charge in [0.1, 0.15) is 5.75 Å². The lowest BCUT2D eigenvalue weighted by molar-refractivity contribution is -0.145. The lowest BCUT2D eigenvalue weighted by atomic mass is 10.1. The molecule has 1 aromatic rings. The van der Waals surface area contributed by atoms with Gasteiger partial charge in [0, 0.05) is 12.1 Å². The quantitative estimate of drug-likeness (QED) is 0.692. The molecule has 25 heavy (non-hydrogen) atoms. The molecule has 0 radical (unpaired) electrons. The fourth-order valence-electron chi connectivity index (χ4n) is 2.53. The molecule has 2 unspecified atom stereocenters. The molecule has 0 spiro atoms. The van der Waals surface area contributed by atoms with E-state index in [9.17, 15) is 14.7 Å². The van der Waals surface area contributed by atoms with E-state index < -0.39 is 5.92 Å². The number of rotatable bonds is 9. The minimum atomic E-state index is -0.474. The zero-order valence-electron chi connectivity index (χ0n) is 15.7. The predicted molar refractivity (Wildman–Crippen MR) is 95.6 cm³/mol. The molecule has 6 nitrogen and oxygen atoms in total. The molecule has 0 aromatic heterocycles. The van der Waals surface area contributed by atoms with Crippen molar-refractivity contribution in [1.82, 2.24) is 4.90 Å². The molecule has 0 fully saturated rings. The predicted octanol–water partition coefficient (Wildman–Crippen LogP) is 2.50. The van der Waals surface area contributed by atoms with Crippen LogP contribution in [0, 0.1) is 5.92 Å². The van der Waals surface area contributed by atoms with E-state index in [-0.39, 0.29) is 37.2 Å². The van der Waals surface area contributed by atoms with Crippen LogP contribution in [0.5, 0.6) is 5.75 Å². The van der Waals surface area contributed by atoms with Crippen LogP contribution < -0.4 is 4.74 Å². The van der Waals surface area contributed by atoms with Crippen LogP contribution in [0.25, 0.3) is 0 Å². The van der Waals surface area contributed by atoms with E-state index in [2.05, 4.69) is 0 Å².